The largest absolute Gasteiger partial charge is 0.449 e. The van der Waals surface area contributed by atoms with E-state index >= 15 is 0 Å². The van der Waals surface area contributed by atoms with E-state index in [-0.39, 0.29) is 11.6 Å². The Labute approximate surface area is 144 Å². The standard InChI is InChI=1S/C17H21F3N2O3/c1-11(15(23)22-13-6-4-2-3-5-7-13)25-16(24)12-8-9-14(21-10-12)17(18,19)20/h8-11,13H,2-7H2,1H3,(H,22,23). The molecule has 1 N–H and O–H groups in total. The molecule has 0 bridgehead atoms. The van der Waals surface area contributed by atoms with Crippen molar-refractivity contribution in [1.29, 1.82) is 0 Å². The first-order chi connectivity index (χ1) is 11.8. The molecule has 1 atom stereocenters. The molecule has 1 aliphatic carbocycles. The Kier molecular flexibility index (Phi) is 6.39. The van der Waals surface area contributed by atoms with E-state index in [1.165, 1.54) is 6.92 Å². The highest BCUT2D eigenvalue weighted by molar-refractivity contribution is 5.92. The summed E-state index contributed by atoms with van der Waals surface area (Å²) >= 11 is 0. The van der Waals surface area contributed by atoms with Gasteiger partial charge < -0.3 is 10.1 Å². The number of hydrogen-bond donors (Lipinski definition) is 1. The van der Waals surface area contributed by atoms with Crippen molar-refractivity contribution in [2.45, 2.75) is 63.8 Å². The van der Waals surface area contributed by atoms with Crippen LogP contribution >= 0.6 is 0 Å². The summed E-state index contributed by atoms with van der Waals surface area (Å²) in [6, 6.07) is 1.75. The van der Waals surface area contributed by atoms with E-state index in [4.69, 9.17) is 4.74 Å². The molecule has 0 spiro atoms. The zero-order valence-corrected chi connectivity index (χ0v) is 13.9. The number of amides is 1. The average molecular weight is 358 g/mol. The molecule has 1 fully saturated rings. The molecule has 1 aromatic heterocycles. The first kappa shape index (κ1) is 19.2. The molecule has 1 heterocycles. The maximum atomic E-state index is 12.5. The summed E-state index contributed by atoms with van der Waals surface area (Å²) in [5.74, 6) is -1.29. The van der Waals surface area contributed by atoms with Crippen LogP contribution in [0, 0.1) is 0 Å². The number of hydrogen-bond acceptors (Lipinski definition) is 4. The van der Waals surface area contributed by atoms with Crippen molar-refractivity contribution >= 4 is 11.9 Å². The fraction of sp³-hybridized carbons (Fsp3) is 0.588. The van der Waals surface area contributed by atoms with Crippen molar-refractivity contribution in [2.75, 3.05) is 0 Å². The molecule has 25 heavy (non-hydrogen) atoms. The van der Waals surface area contributed by atoms with Gasteiger partial charge in [-0.25, -0.2) is 4.79 Å². The lowest BCUT2D eigenvalue weighted by molar-refractivity contribution is -0.141. The molecular formula is C17H21F3N2O3. The SMILES string of the molecule is CC(OC(=O)c1ccc(C(F)(F)F)nc1)C(=O)NC1CCCCCC1. The van der Waals surface area contributed by atoms with Gasteiger partial charge in [0.15, 0.2) is 6.10 Å². The Morgan fingerprint density at radius 3 is 2.36 bits per heavy atom. The number of nitrogens with one attached hydrogen (secondary N) is 1. The first-order valence-electron chi connectivity index (χ1n) is 8.32. The zero-order chi connectivity index (χ0) is 18.4. The maximum absolute atomic E-state index is 12.5. The van der Waals surface area contributed by atoms with E-state index in [0.29, 0.717) is 6.07 Å². The molecule has 138 valence electrons. The van der Waals surface area contributed by atoms with E-state index in [9.17, 15) is 22.8 Å². The molecule has 1 aromatic rings. The van der Waals surface area contributed by atoms with E-state index in [1.54, 1.807) is 0 Å². The van der Waals surface area contributed by atoms with Gasteiger partial charge in [-0.1, -0.05) is 25.7 Å². The Morgan fingerprint density at radius 2 is 1.84 bits per heavy atom. The third-order valence-electron chi connectivity index (χ3n) is 4.14. The topological polar surface area (TPSA) is 68.3 Å². The minimum atomic E-state index is -4.58. The Bertz CT molecular complexity index is 594. The van der Waals surface area contributed by atoms with Gasteiger partial charge in [0.1, 0.15) is 5.69 Å². The molecule has 0 saturated heterocycles. The van der Waals surface area contributed by atoms with Crippen molar-refractivity contribution in [2.24, 2.45) is 0 Å². The normalized spacial score (nSPS) is 17.4. The summed E-state index contributed by atoms with van der Waals surface area (Å²) in [6.07, 6.45) is 1.39. The maximum Gasteiger partial charge on any atom is 0.433 e. The van der Waals surface area contributed by atoms with E-state index < -0.39 is 29.9 Å². The number of alkyl halides is 3. The van der Waals surface area contributed by atoms with Crippen LogP contribution < -0.4 is 5.32 Å². The number of carbonyl (C=O) groups is 2. The lowest BCUT2D eigenvalue weighted by Crippen LogP contribution is -2.41. The van der Waals surface area contributed by atoms with Crippen LogP contribution in [-0.2, 0) is 15.7 Å². The van der Waals surface area contributed by atoms with Gasteiger partial charge in [-0.3, -0.25) is 9.78 Å². The minimum Gasteiger partial charge on any atom is -0.449 e. The van der Waals surface area contributed by atoms with Crippen molar-refractivity contribution in [1.82, 2.24) is 10.3 Å². The average Bonchev–Trinajstić information content (AvgIpc) is 2.82. The highest BCUT2D eigenvalue weighted by Crippen LogP contribution is 2.27. The van der Waals surface area contributed by atoms with Gasteiger partial charge in [0.05, 0.1) is 5.56 Å². The smallest absolute Gasteiger partial charge is 0.433 e. The van der Waals surface area contributed by atoms with Crippen molar-refractivity contribution in [3.63, 3.8) is 0 Å². The summed E-state index contributed by atoms with van der Waals surface area (Å²) in [6.45, 7) is 1.43. The van der Waals surface area contributed by atoms with E-state index in [1.807, 2.05) is 0 Å². The monoisotopic (exact) mass is 358 g/mol. The molecule has 1 amide bonds. The van der Waals surface area contributed by atoms with Gasteiger partial charge in [0.25, 0.3) is 5.91 Å². The molecule has 5 nitrogen and oxygen atoms in total. The summed E-state index contributed by atoms with van der Waals surface area (Å²) in [4.78, 5) is 27.3. The van der Waals surface area contributed by atoms with Crippen LogP contribution in [0.1, 0.15) is 61.5 Å². The fourth-order valence-electron chi connectivity index (χ4n) is 2.71. The first-order valence-corrected chi connectivity index (χ1v) is 8.32. The highest BCUT2D eigenvalue weighted by Gasteiger charge is 2.32. The lowest BCUT2D eigenvalue weighted by Gasteiger charge is -2.19. The molecule has 0 aliphatic heterocycles. The van der Waals surface area contributed by atoms with Crippen LogP contribution in [0.2, 0.25) is 0 Å². The molecule has 1 saturated carbocycles. The number of pyridine rings is 1. The predicted octanol–water partition coefficient (Wildman–Crippen LogP) is 3.48. The molecule has 8 heteroatoms. The third kappa shape index (κ3) is 5.72. The number of ether oxygens (including phenoxy) is 1. The van der Waals surface area contributed by atoms with Crippen LogP contribution in [-0.4, -0.2) is 29.0 Å². The second kappa shape index (κ2) is 8.31. The predicted molar refractivity (Wildman–Crippen MR) is 83.7 cm³/mol. The number of esters is 1. The summed E-state index contributed by atoms with van der Waals surface area (Å²) < 4.78 is 42.4. The molecule has 0 aromatic carbocycles. The van der Waals surface area contributed by atoms with Crippen LogP contribution in [0.25, 0.3) is 0 Å². The van der Waals surface area contributed by atoms with Crippen molar-refractivity contribution < 1.29 is 27.5 Å². The molecular weight excluding hydrogens is 337 g/mol. The summed E-state index contributed by atoms with van der Waals surface area (Å²) in [5.41, 5.74) is -1.23. The van der Waals surface area contributed by atoms with Crippen molar-refractivity contribution in [3.8, 4) is 0 Å². The second-order valence-corrected chi connectivity index (χ2v) is 6.17. The number of rotatable bonds is 4. The van der Waals surface area contributed by atoms with E-state index in [2.05, 4.69) is 10.3 Å². The van der Waals surface area contributed by atoms with Gasteiger partial charge in [0.2, 0.25) is 0 Å². The van der Waals surface area contributed by atoms with Gasteiger partial charge in [-0.15, -0.1) is 0 Å². The highest BCUT2D eigenvalue weighted by atomic mass is 19.4. The Balaban J connectivity index is 1.89. The van der Waals surface area contributed by atoms with Crippen LogP contribution in [0.4, 0.5) is 13.2 Å². The van der Waals surface area contributed by atoms with Gasteiger partial charge in [-0.05, 0) is 31.9 Å². The molecule has 1 unspecified atom stereocenters. The molecule has 1 aliphatic rings. The minimum absolute atomic E-state index is 0.0730. The lowest BCUT2D eigenvalue weighted by atomic mass is 10.1. The number of halogens is 3. The number of nitrogens with zero attached hydrogens (tertiary/aromatic N) is 1. The van der Waals surface area contributed by atoms with Crippen LogP contribution in [0.15, 0.2) is 18.3 Å². The number of carbonyl (C=O) groups excluding carboxylic acids is 2. The Hall–Kier alpha value is -2.12. The fourth-order valence-corrected chi connectivity index (χ4v) is 2.71. The van der Waals surface area contributed by atoms with E-state index in [0.717, 1.165) is 50.8 Å². The number of aromatic nitrogens is 1. The second-order valence-electron chi connectivity index (χ2n) is 6.17. The quantitative estimate of drug-likeness (QED) is 0.661. The molecule has 0 radical (unpaired) electrons. The third-order valence-corrected chi connectivity index (χ3v) is 4.14. The summed E-state index contributed by atoms with van der Waals surface area (Å²) in [7, 11) is 0. The van der Waals surface area contributed by atoms with Crippen molar-refractivity contribution in [3.05, 3.63) is 29.6 Å². The van der Waals surface area contributed by atoms with Gasteiger partial charge >= 0.3 is 12.1 Å². The van der Waals surface area contributed by atoms with Crippen LogP contribution in [0.3, 0.4) is 0 Å². The van der Waals surface area contributed by atoms with Crippen LogP contribution in [0.5, 0.6) is 0 Å². The van der Waals surface area contributed by atoms with Gasteiger partial charge in [0, 0.05) is 12.2 Å². The Morgan fingerprint density at radius 1 is 1.20 bits per heavy atom. The zero-order valence-electron chi connectivity index (χ0n) is 13.9. The summed E-state index contributed by atoms with van der Waals surface area (Å²) in [5, 5.41) is 2.86. The van der Waals surface area contributed by atoms with Gasteiger partial charge in [-0.2, -0.15) is 13.2 Å². The molecule has 2 rings (SSSR count).